The van der Waals surface area contributed by atoms with E-state index < -0.39 is 0 Å². The lowest BCUT2D eigenvalue weighted by atomic mass is 10.2. The van der Waals surface area contributed by atoms with E-state index in [9.17, 15) is 4.79 Å². The smallest absolute Gasteiger partial charge is 0.322 e. The fourth-order valence-electron chi connectivity index (χ4n) is 2.77. The molecule has 0 aliphatic carbocycles. The van der Waals surface area contributed by atoms with E-state index in [-0.39, 0.29) is 6.03 Å². The summed E-state index contributed by atoms with van der Waals surface area (Å²) in [5.74, 6) is 0. The molecule has 2 aromatic rings. The van der Waals surface area contributed by atoms with Crippen molar-refractivity contribution in [1.82, 2.24) is 4.90 Å². The first-order chi connectivity index (χ1) is 12.1. The number of piperazine rings is 1. The Balaban J connectivity index is 1.62. The van der Waals surface area contributed by atoms with E-state index in [0.29, 0.717) is 47.5 Å². The molecule has 1 aliphatic rings. The summed E-state index contributed by atoms with van der Waals surface area (Å²) in [7, 11) is 0. The Morgan fingerprint density at radius 1 is 1.04 bits per heavy atom. The normalized spacial score (nSPS) is 14.1. The first-order valence-electron chi connectivity index (χ1n) is 7.83. The van der Waals surface area contributed by atoms with Crippen LogP contribution in [0.3, 0.4) is 0 Å². The lowest BCUT2D eigenvalue weighted by Gasteiger charge is -2.36. The van der Waals surface area contributed by atoms with Crippen LogP contribution in [0.15, 0.2) is 42.5 Å². The molecule has 0 saturated carbocycles. The number of urea groups is 1. The number of rotatable bonds is 2. The van der Waals surface area contributed by atoms with E-state index >= 15 is 0 Å². The minimum Gasteiger partial charge on any atom is -0.368 e. The highest BCUT2D eigenvalue weighted by atomic mass is 35.5. The highest BCUT2D eigenvalue weighted by Crippen LogP contribution is 2.26. The van der Waals surface area contributed by atoms with Crippen molar-refractivity contribution in [2.45, 2.75) is 0 Å². The quantitative estimate of drug-likeness (QED) is 0.855. The predicted molar refractivity (Wildman–Crippen MR) is 100 cm³/mol. The van der Waals surface area contributed by atoms with Gasteiger partial charge in [-0.2, -0.15) is 5.26 Å². The molecule has 2 aromatic carbocycles. The van der Waals surface area contributed by atoms with Gasteiger partial charge >= 0.3 is 6.03 Å². The molecule has 1 heterocycles. The van der Waals surface area contributed by atoms with Crippen molar-refractivity contribution in [3.8, 4) is 6.07 Å². The van der Waals surface area contributed by atoms with Crippen LogP contribution >= 0.6 is 23.2 Å². The number of anilines is 2. The molecule has 0 radical (unpaired) electrons. The van der Waals surface area contributed by atoms with E-state index in [0.717, 1.165) is 5.69 Å². The van der Waals surface area contributed by atoms with Gasteiger partial charge in [-0.05, 0) is 30.3 Å². The van der Waals surface area contributed by atoms with Crippen molar-refractivity contribution < 1.29 is 4.79 Å². The largest absolute Gasteiger partial charge is 0.368 e. The van der Waals surface area contributed by atoms with Crippen LogP contribution in [0.25, 0.3) is 0 Å². The van der Waals surface area contributed by atoms with Crippen LogP contribution in [0.4, 0.5) is 16.2 Å². The standard InChI is InChI=1S/C18H16Cl2N4O/c19-14-9-15(20)11-16(10-14)23-5-7-24(8-6-23)18(25)22-17-4-2-1-3-13(17)12-21/h1-4,9-11H,5-8H2,(H,22,25). The molecule has 1 aliphatic heterocycles. The lowest BCUT2D eigenvalue weighted by molar-refractivity contribution is 0.208. The van der Waals surface area contributed by atoms with E-state index in [2.05, 4.69) is 16.3 Å². The maximum atomic E-state index is 12.4. The summed E-state index contributed by atoms with van der Waals surface area (Å²) in [6.45, 7) is 2.52. The molecule has 0 unspecified atom stereocenters. The van der Waals surface area contributed by atoms with E-state index in [1.807, 2.05) is 12.1 Å². The van der Waals surface area contributed by atoms with Gasteiger partial charge in [-0.1, -0.05) is 35.3 Å². The van der Waals surface area contributed by atoms with Gasteiger partial charge in [0.05, 0.1) is 11.3 Å². The second-order valence-electron chi connectivity index (χ2n) is 5.69. The van der Waals surface area contributed by atoms with Crippen molar-refractivity contribution >= 4 is 40.6 Å². The number of carbonyl (C=O) groups excluding carboxylic acids is 1. The number of hydrogen-bond donors (Lipinski definition) is 1. The average Bonchev–Trinajstić information content (AvgIpc) is 2.61. The van der Waals surface area contributed by atoms with Crippen LogP contribution in [0.5, 0.6) is 0 Å². The molecule has 5 nitrogen and oxygen atoms in total. The Morgan fingerprint density at radius 3 is 2.32 bits per heavy atom. The SMILES string of the molecule is N#Cc1ccccc1NC(=O)N1CCN(c2cc(Cl)cc(Cl)c2)CC1. The van der Waals surface area contributed by atoms with Crippen molar-refractivity contribution in [3.63, 3.8) is 0 Å². The first-order valence-corrected chi connectivity index (χ1v) is 8.58. The minimum atomic E-state index is -0.202. The second kappa shape index (κ2) is 7.64. The molecule has 1 fully saturated rings. The van der Waals surface area contributed by atoms with Gasteiger partial charge in [0, 0.05) is 41.9 Å². The molecule has 128 valence electrons. The summed E-state index contributed by atoms with van der Waals surface area (Å²) in [4.78, 5) is 16.3. The fourth-order valence-corrected chi connectivity index (χ4v) is 3.29. The molecule has 1 N–H and O–H groups in total. The number of nitriles is 1. The van der Waals surface area contributed by atoms with Crippen LogP contribution in [0.1, 0.15) is 5.56 Å². The Labute approximate surface area is 156 Å². The summed E-state index contributed by atoms with van der Waals surface area (Å²) in [5, 5.41) is 13.1. The topological polar surface area (TPSA) is 59.4 Å². The third-order valence-electron chi connectivity index (χ3n) is 4.07. The Hall–Kier alpha value is -2.42. The predicted octanol–water partition coefficient (Wildman–Crippen LogP) is 4.22. The minimum absolute atomic E-state index is 0.202. The first kappa shape index (κ1) is 17.4. The molecule has 0 aromatic heterocycles. The highest BCUT2D eigenvalue weighted by Gasteiger charge is 2.22. The maximum Gasteiger partial charge on any atom is 0.322 e. The second-order valence-corrected chi connectivity index (χ2v) is 6.56. The van der Waals surface area contributed by atoms with Gasteiger partial charge in [0.2, 0.25) is 0 Å². The molecule has 1 saturated heterocycles. The molecule has 0 atom stereocenters. The third kappa shape index (κ3) is 4.16. The fraction of sp³-hybridized carbons (Fsp3) is 0.222. The van der Waals surface area contributed by atoms with Gasteiger partial charge in [0.1, 0.15) is 6.07 Å². The summed E-state index contributed by atoms with van der Waals surface area (Å²) >= 11 is 12.1. The lowest BCUT2D eigenvalue weighted by Crippen LogP contribution is -2.50. The molecule has 2 amide bonds. The average molecular weight is 375 g/mol. The number of halogens is 2. The zero-order chi connectivity index (χ0) is 17.8. The summed E-state index contributed by atoms with van der Waals surface area (Å²) in [5.41, 5.74) is 1.93. The van der Waals surface area contributed by atoms with Gasteiger partial charge in [0.25, 0.3) is 0 Å². The van der Waals surface area contributed by atoms with Crippen LogP contribution in [-0.4, -0.2) is 37.1 Å². The molecule has 3 rings (SSSR count). The van der Waals surface area contributed by atoms with Gasteiger partial charge in [-0.15, -0.1) is 0 Å². The summed E-state index contributed by atoms with van der Waals surface area (Å²) in [6.07, 6.45) is 0. The highest BCUT2D eigenvalue weighted by molar-refractivity contribution is 6.35. The van der Waals surface area contributed by atoms with Crippen molar-refractivity contribution in [1.29, 1.82) is 5.26 Å². The number of benzene rings is 2. The van der Waals surface area contributed by atoms with Crippen molar-refractivity contribution in [2.75, 3.05) is 36.4 Å². The van der Waals surface area contributed by atoms with Crippen LogP contribution in [0.2, 0.25) is 10.0 Å². The zero-order valence-corrected chi connectivity index (χ0v) is 14.9. The Kier molecular flexibility index (Phi) is 5.32. The summed E-state index contributed by atoms with van der Waals surface area (Å²) in [6, 6.07) is 14.3. The maximum absolute atomic E-state index is 12.4. The molecule has 0 bridgehead atoms. The van der Waals surface area contributed by atoms with Crippen LogP contribution in [-0.2, 0) is 0 Å². The number of nitrogens with zero attached hydrogens (tertiary/aromatic N) is 3. The van der Waals surface area contributed by atoms with Gasteiger partial charge in [-0.3, -0.25) is 0 Å². The van der Waals surface area contributed by atoms with Crippen LogP contribution in [0, 0.1) is 11.3 Å². The van der Waals surface area contributed by atoms with Crippen molar-refractivity contribution in [3.05, 3.63) is 58.1 Å². The number of carbonyl (C=O) groups is 1. The van der Waals surface area contributed by atoms with Gasteiger partial charge in [0.15, 0.2) is 0 Å². The van der Waals surface area contributed by atoms with E-state index in [4.69, 9.17) is 28.5 Å². The number of para-hydroxylation sites is 1. The van der Waals surface area contributed by atoms with Crippen LogP contribution < -0.4 is 10.2 Å². The Bertz CT molecular complexity index is 806. The van der Waals surface area contributed by atoms with Crippen molar-refractivity contribution in [2.24, 2.45) is 0 Å². The Morgan fingerprint density at radius 2 is 1.68 bits per heavy atom. The van der Waals surface area contributed by atoms with E-state index in [1.54, 1.807) is 35.2 Å². The van der Waals surface area contributed by atoms with E-state index in [1.165, 1.54) is 0 Å². The number of hydrogen-bond acceptors (Lipinski definition) is 3. The molecular formula is C18H16Cl2N4O. The monoisotopic (exact) mass is 374 g/mol. The van der Waals surface area contributed by atoms with Gasteiger partial charge < -0.3 is 15.1 Å². The molecular weight excluding hydrogens is 359 g/mol. The van der Waals surface area contributed by atoms with Gasteiger partial charge in [-0.25, -0.2) is 4.79 Å². The third-order valence-corrected chi connectivity index (χ3v) is 4.50. The number of nitrogens with one attached hydrogen (secondary N) is 1. The molecule has 25 heavy (non-hydrogen) atoms. The summed E-state index contributed by atoms with van der Waals surface area (Å²) < 4.78 is 0. The molecule has 0 spiro atoms. The number of amides is 2. The zero-order valence-electron chi connectivity index (χ0n) is 13.4. The molecule has 7 heteroatoms.